The number of hydrogen-bond acceptors (Lipinski definition) is 2. The summed E-state index contributed by atoms with van der Waals surface area (Å²) in [5.74, 6) is -0.111. The van der Waals surface area contributed by atoms with Crippen LogP contribution in [0.4, 0.5) is 0 Å². The molecule has 0 radical (unpaired) electrons. The van der Waals surface area contributed by atoms with Gasteiger partial charge in [-0.05, 0) is 48.6 Å². The Bertz CT molecular complexity index is 676. The Hall–Kier alpha value is -2.62. The van der Waals surface area contributed by atoms with E-state index in [0.717, 1.165) is 18.4 Å². The van der Waals surface area contributed by atoms with Gasteiger partial charge in [-0.2, -0.15) is 0 Å². The Morgan fingerprint density at radius 2 is 1.55 bits per heavy atom. The van der Waals surface area contributed by atoms with Crippen molar-refractivity contribution in [3.8, 4) is 0 Å². The summed E-state index contributed by atoms with van der Waals surface area (Å²) in [6.07, 6.45) is 2.28. The second kappa shape index (κ2) is 6.02. The minimum Gasteiger partial charge on any atom is -0.366 e. The number of benzene rings is 2. The zero-order valence-corrected chi connectivity index (χ0v) is 12.2. The summed E-state index contributed by atoms with van der Waals surface area (Å²) in [5.41, 5.74) is 7.27. The Morgan fingerprint density at radius 1 is 0.955 bits per heavy atom. The normalized spacial score (nSPS) is 15.1. The van der Waals surface area contributed by atoms with Gasteiger partial charge in [0, 0.05) is 11.1 Å². The quantitative estimate of drug-likeness (QED) is 0.890. The Morgan fingerprint density at radius 3 is 2.09 bits per heavy atom. The largest absolute Gasteiger partial charge is 0.366 e. The predicted octanol–water partition coefficient (Wildman–Crippen LogP) is 2.67. The molecule has 0 spiro atoms. The monoisotopic (exact) mass is 294 g/mol. The van der Waals surface area contributed by atoms with E-state index in [1.54, 1.807) is 24.3 Å². The second-order valence-electron chi connectivity index (χ2n) is 5.64. The van der Waals surface area contributed by atoms with Crippen molar-refractivity contribution in [3.05, 3.63) is 71.3 Å². The molecule has 1 aliphatic rings. The molecule has 0 aliphatic heterocycles. The molecule has 1 saturated carbocycles. The molecule has 1 aliphatic carbocycles. The summed E-state index contributed by atoms with van der Waals surface area (Å²) in [4.78, 5) is 23.5. The number of nitrogens with two attached hydrogens (primary N) is 1. The molecule has 0 saturated heterocycles. The van der Waals surface area contributed by atoms with Crippen molar-refractivity contribution in [3.63, 3.8) is 0 Å². The lowest BCUT2D eigenvalue weighted by Gasteiger charge is -2.19. The van der Waals surface area contributed by atoms with Crippen LogP contribution in [0.2, 0.25) is 0 Å². The fourth-order valence-electron chi connectivity index (χ4n) is 2.57. The third kappa shape index (κ3) is 3.17. The standard InChI is InChI=1S/C18H18N2O2/c19-17(21)14-8-10-15(11-9-14)18(22)20-16(13-6-7-13)12-4-2-1-3-5-12/h1-5,8-11,13,16H,6-7H2,(H2,19,21)(H,20,22)/t16-/m1/s1. The van der Waals surface area contributed by atoms with Crippen LogP contribution in [0, 0.1) is 5.92 Å². The Kier molecular flexibility index (Phi) is 3.92. The molecule has 0 bridgehead atoms. The third-order valence-electron chi connectivity index (χ3n) is 3.97. The maximum atomic E-state index is 12.4. The van der Waals surface area contributed by atoms with Crippen LogP contribution < -0.4 is 11.1 Å². The van der Waals surface area contributed by atoms with Crippen molar-refractivity contribution < 1.29 is 9.59 Å². The first-order valence-corrected chi connectivity index (χ1v) is 7.41. The van der Waals surface area contributed by atoms with Crippen molar-refractivity contribution in [2.24, 2.45) is 11.7 Å². The van der Waals surface area contributed by atoms with Gasteiger partial charge in [0.25, 0.3) is 5.91 Å². The molecular weight excluding hydrogens is 276 g/mol. The summed E-state index contributed by atoms with van der Waals surface area (Å²) in [7, 11) is 0. The van der Waals surface area contributed by atoms with Crippen LogP contribution in [-0.4, -0.2) is 11.8 Å². The number of carbonyl (C=O) groups excluding carboxylic acids is 2. The highest BCUT2D eigenvalue weighted by Gasteiger charge is 2.33. The van der Waals surface area contributed by atoms with Crippen LogP contribution >= 0.6 is 0 Å². The van der Waals surface area contributed by atoms with Crippen LogP contribution in [0.25, 0.3) is 0 Å². The van der Waals surface area contributed by atoms with E-state index in [2.05, 4.69) is 5.32 Å². The first-order chi connectivity index (χ1) is 10.6. The summed E-state index contributed by atoms with van der Waals surface area (Å²) in [5, 5.41) is 3.11. The summed E-state index contributed by atoms with van der Waals surface area (Å²) < 4.78 is 0. The average molecular weight is 294 g/mol. The van der Waals surface area contributed by atoms with Crippen molar-refractivity contribution in [1.82, 2.24) is 5.32 Å². The number of nitrogens with one attached hydrogen (secondary N) is 1. The maximum absolute atomic E-state index is 12.4. The van der Waals surface area contributed by atoms with Crippen molar-refractivity contribution in [1.29, 1.82) is 0 Å². The van der Waals surface area contributed by atoms with Crippen molar-refractivity contribution in [2.75, 3.05) is 0 Å². The highest BCUT2D eigenvalue weighted by atomic mass is 16.2. The van der Waals surface area contributed by atoms with E-state index in [1.807, 2.05) is 30.3 Å². The van der Waals surface area contributed by atoms with Gasteiger partial charge in [-0.15, -0.1) is 0 Å². The van der Waals surface area contributed by atoms with Gasteiger partial charge in [-0.3, -0.25) is 9.59 Å². The first-order valence-electron chi connectivity index (χ1n) is 7.41. The summed E-state index contributed by atoms with van der Waals surface area (Å²) in [6, 6.07) is 16.5. The molecule has 2 aromatic carbocycles. The maximum Gasteiger partial charge on any atom is 0.251 e. The number of carbonyl (C=O) groups is 2. The molecule has 2 aromatic rings. The van der Waals surface area contributed by atoms with Crippen LogP contribution in [0.15, 0.2) is 54.6 Å². The van der Waals surface area contributed by atoms with Crippen LogP contribution in [0.1, 0.15) is 45.2 Å². The van der Waals surface area contributed by atoms with Gasteiger partial charge in [0.15, 0.2) is 0 Å². The van der Waals surface area contributed by atoms with Gasteiger partial charge in [-0.25, -0.2) is 0 Å². The minimum absolute atomic E-state index is 0.0458. The van der Waals surface area contributed by atoms with Crippen LogP contribution in [0.5, 0.6) is 0 Å². The van der Waals surface area contributed by atoms with Crippen LogP contribution in [-0.2, 0) is 0 Å². The zero-order valence-electron chi connectivity index (χ0n) is 12.2. The van der Waals surface area contributed by atoms with Crippen LogP contribution in [0.3, 0.4) is 0 Å². The first kappa shape index (κ1) is 14.3. The smallest absolute Gasteiger partial charge is 0.251 e. The fraction of sp³-hybridized carbons (Fsp3) is 0.222. The summed E-state index contributed by atoms with van der Waals surface area (Å²) in [6.45, 7) is 0. The SMILES string of the molecule is NC(=O)c1ccc(C(=O)N[C@H](c2ccccc2)C2CC2)cc1. The molecule has 112 valence electrons. The van der Waals surface area contributed by atoms with Gasteiger partial charge in [0.05, 0.1) is 6.04 Å². The fourth-order valence-corrected chi connectivity index (χ4v) is 2.57. The molecule has 0 aromatic heterocycles. The highest BCUT2D eigenvalue weighted by molar-refractivity contribution is 5.97. The number of primary amides is 1. The van der Waals surface area contributed by atoms with E-state index in [-0.39, 0.29) is 11.9 Å². The second-order valence-corrected chi connectivity index (χ2v) is 5.64. The van der Waals surface area contributed by atoms with Gasteiger partial charge in [0.1, 0.15) is 0 Å². The Labute approximate surface area is 129 Å². The molecule has 3 N–H and O–H groups in total. The molecule has 0 heterocycles. The van der Waals surface area contributed by atoms with Gasteiger partial charge < -0.3 is 11.1 Å². The lowest BCUT2D eigenvalue weighted by atomic mass is 10.0. The van der Waals surface area contributed by atoms with Gasteiger partial charge in [0.2, 0.25) is 5.91 Å². The van der Waals surface area contributed by atoms with Gasteiger partial charge >= 0.3 is 0 Å². The summed E-state index contributed by atoms with van der Waals surface area (Å²) >= 11 is 0. The minimum atomic E-state index is -0.493. The highest BCUT2D eigenvalue weighted by Crippen LogP contribution is 2.41. The van der Waals surface area contributed by atoms with E-state index in [1.165, 1.54) is 0 Å². The molecule has 4 heteroatoms. The topological polar surface area (TPSA) is 72.2 Å². The lowest BCUT2D eigenvalue weighted by Crippen LogP contribution is -2.29. The predicted molar refractivity (Wildman–Crippen MR) is 84.3 cm³/mol. The molecule has 2 amide bonds. The number of rotatable bonds is 5. The van der Waals surface area contributed by atoms with Crippen molar-refractivity contribution >= 4 is 11.8 Å². The lowest BCUT2D eigenvalue weighted by molar-refractivity contribution is 0.0929. The van der Waals surface area contributed by atoms with Crippen molar-refractivity contribution in [2.45, 2.75) is 18.9 Å². The molecule has 1 atom stereocenters. The van der Waals surface area contributed by atoms with Gasteiger partial charge in [-0.1, -0.05) is 30.3 Å². The molecular formula is C18H18N2O2. The number of hydrogen-bond donors (Lipinski definition) is 2. The Balaban J connectivity index is 1.75. The molecule has 3 rings (SSSR count). The zero-order chi connectivity index (χ0) is 15.5. The van der Waals surface area contributed by atoms with E-state index in [4.69, 9.17) is 5.73 Å². The average Bonchev–Trinajstić information content (AvgIpc) is 3.38. The third-order valence-corrected chi connectivity index (χ3v) is 3.97. The van der Waals surface area contributed by atoms with E-state index in [0.29, 0.717) is 17.0 Å². The molecule has 1 fully saturated rings. The molecule has 0 unspecified atom stereocenters. The number of amides is 2. The van der Waals surface area contributed by atoms with E-state index in [9.17, 15) is 9.59 Å². The molecule has 22 heavy (non-hydrogen) atoms. The molecule has 4 nitrogen and oxygen atoms in total. The van der Waals surface area contributed by atoms with E-state index >= 15 is 0 Å². The van der Waals surface area contributed by atoms with E-state index < -0.39 is 5.91 Å².